The van der Waals surface area contributed by atoms with Crippen LogP contribution in [-0.2, 0) is 14.2 Å². The molecule has 6 heteroatoms. The Hall–Kier alpha value is -8.35. The summed E-state index contributed by atoms with van der Waals surface area (Å²) >= 11 is 0. The van der Waals surface area contributed by atoms with Crippen LogP contribution >= 0.6 is 0 Å². The number of benzene rings is 6. The summed E-state index contributed by atoms with van der Waals surface area (Å²) in [5.74, 6) is 2.32. The molecule has 0 amide bonds. The lowest BCUT2D eigenvalue weighted by molar-refractivity contribution is 0.0320. The Kier molecular flexibility index (Phi) is 29.2. The number of esters is 3. The maximum atomic E-state index is 12.1. The molecule has 0 aliphatic heterocycles. The van der Waals surface area contributed by atoms with Crippen molar-refractivity contribution < 1.29 is 28.6 Å². The van der Waals surface area contributed by atoms with Crippen LogP contribution in [0.15, 0.2) is 278 Å². The second-order valence-corrected chi connectivity index (χ2v) is 24.2. The van der Waals surface area contributed by atoms with Gasteiger partial charge in [0.1, 0.15) is 18.3 Å². The molecule has 6 aliphatic carbocycles. The summed E-state index contributed by atoms with van der Waals surface area (Å²) in [6.45, 7) is 16.6. The summed E-state index contributed by atoms with van der Waals surface area (Å²) in [7, 11) is 0. The number of ether oxygens (including phenoxy) is 3. The van der Waals surface area contributed by atoms with Crippen LogP contribution in [0.1, 0.15) is 196 Å². The number of carbonyl (C=O) groups excluding carboxylic acids is 3. The minimum atomic E-state index is -0.249. The predicted molar refractivity (Wildman–Crippen MR) is 369 cm³/mol. The SMILES string of the molecule is C1=CC(c2ccccc2)CCC1.C1=CC(c2ccccc2)CCC1.C=C(C)[C@@H]1CC=C(C)[C@@H](c2ccccc2)C1.C=C(C)[C@@H]1CC=C(C)[C@H](OC(=O)c2ccccc2)C1.O=C(OC1C=CCCC1)c1ccccc1.O=C(OC1C=CCCC1)c1ccccc1. The van der Waals surface area contributed by atoms with Crippen molar-refractivity contribution in [2.45, 2.75) is 166 Å². The minimum absolute atomic E-state index is 0.0357. The molecule has 0 saturated heterocycles. The molecule has 6 aromatic carbocycles. The molecule has 4 unspecified atom stereocenters. The van der Waals surface area contributed by atoms with Crippen LogP contribution in [0, 0.1) is 11.8 Å². The van der Waals surface area contributed by atoms with E-state index in [1.807, 2.05) is 80.6 Å². The van der Waals surface area contributed by atoms with Crippen LogP contribution in [0.2, 0.25) is 0 Å². The summed E-state index contributed by atoms with van der Waals surface area (Å²) in [6, 6.07) is 59.7. The van der Waals surface area contributed by atoms with Gasteiger partial charge in [-0.1, -0.05) is 224 Å². The Balaban J connectivity index is 0.000000153. The van der Waals surface area contributed by atoms with Crippen molar-refractivity contribution in [2.75, 3.05) is 0 Å². The second kappa shape index (κ2) is 38.1. The van der Waals surface area contributed by atoms with Gasteiger partial charge in [-0.2, -0.15) is 0 Å². The van der Waals surface area contributed by atoms with Crippen LogP contribution in [-0.4, -0.2) is 36.2 Å². The van der Waals surface area contributed by atoms with Crippen molar-refractivity contribution in [3.63, 3.8) is 0 Å². The Morgan fingerprint density at radius 3 is 1.06 bits per heavy atom. The van der Waals surface area contributed by atoms with Gasteiger partial charge in [0, 0.05) is 17.8 Å². The number of hydrogen-bond donors (Lipinski definition) is 0. The number of allylic oxidation sites excluding steroid dienone is 11. The second-order valence-electron chi connectivity index (χ2n) is 24.2. The highest BCUT2D eigenvalue weighted by atomic mass is 16.6. The lowest BCUT2D eigenvalue weighted by Gasteiger charge is -2.29. The topological polar surface area (TPSA) is 78.9 Å². The van der Waals surface area contributed by atoms with Gasteiger partial charge in [-0.15, -0.1) is 0 Å². The van der Waals surface area contributed by atoms with Gasteiger partial charge in [0.05, 0.1) is 16.7 Å². The fourth-order valence-corrected chi connectivity index (χ4v) is 11.7. The van der Waals surface area contributed by atoms with Crippen LogP contribution in [0.4, 0.5) is 0 Å². The first-order valence-electron chi connectivity index (χ1n) is 32.6. The maximum absolute atomic E-state index is 12.1. The third-order valence-electron chi connectivity index (χ3n) is 17.3. The standard InChI is InChI=1S/C17H20O2.C16H20.2C13H14O2.2C12H14/c1-12(2)15-10-9-13(3)16(11-15)19-17(18)14-7-5-4-6-8-14;1-12(2)15-10-9-13(3)16(11-15)14-7-5-4-6-8-14;2*14-13(11-7-3-1-4-8-11)15-12-9-5-2-6-10-12;2*1-3-7-11(8-4-1)12-9-5-2-6-10-12/h4-9,15-16H,1,10-11H2,2-3H3;4-9,15-16H,1,10-11H2,2-3H3;2*1,3-5,7-9,12H,2,6,10H2;2*1,3-5,7-9,12H,2,6,10H2/t15-,16-;15-,16+;;;;/m11..../s1. The van der Waals surface area contributed by atoms with Crippen LogP contribution in [0.25, 0.3) is 0 Å². The van der Waals surface area contributed by atoms with E-state index in [0.29, 0.717) is 46.3 Å². The van der Waals surface area contributed by atoms with Crippen molar-refractivity contribution in [1.29, 1.82) is 0 Å². The fraction of sp³-hybridized carbons (Fsp3) is 0.337. The van der Waals surface area contributed by atoms with Crippen molar-refractivity contribution >= 4 is 17.9 Å². The van der Waals surface area contributed by atoms with E-state index in [0.717, 1.165) is 62.5 Å². The Morgan fingerprint density at radius 2 is 0.708 bits per heavy atom. The highest BCUT2D eigenvalue weighted by Crippen LogP contribution is 2.39. The molecule has 464 valence electrons. The molecule has 12 rings (SSSR count). The summed E-state index contributed by atoms with van der Waals surface area (Å²) in [6.07, 6.45) is 40.1. The van der Waals surface area contributed by atoms with E-state index in [4.69, 9.17) is 14.2 Å². The summed E-state index contributed by atoms with van der Waals surface area (Å²) in [5, 5.41) is 0. The van der Waals surface area contributed by atoms with Gasteiger partial charge in [-0.05, 0) is 213 Å². The quantitative estimate of drug-likeness (QED) is 0.0731. The van der Waals surface area contributed by atoms with Gasteiger partial charge in [0.15, 0.2) is 0 Å². The molecule has 8 atom stereocenters. The van der Waals surface area contributed by atoms with Crippen LogP contribution in [0.3, 0.4) is 0 Å². The first-order valence-corrected chi connectivity index (χ1v) is 32.6. The van der Waals surface area contributed by atoms with E-state index < -0.39 is 0 Å². The molecule has 0 N–H and O–H groups in total. The van der Waals surface area contributed by atoms with E-state index in [2.05, 4.69) is 167 Å². The van der Waals surface area contributed by atoms with Gasteiger partial charge in [-0.25, -0.2) is 14.4 Å². The smallest absolute Gasteiger partial charge is 0.338 e. The van der Waals surface area contributed by atoms with Gasteiger partial charge in [-0.3, -0.25) is 0 Å². The van der Waals surface area contributed by atoms with Gasteiger partial charge >= 0.3 is 17.9 Å². The minimum Gasteiger partial charge on any atom is -0.455 e. The first kappa shape index (κ1) is 68.1. The summed E-state index contributed by atoms with van der Waals surface area (Å²) in [5.41, 5.74) is 11.4. The molecular weight excluding hydrogens is 1090 g/mol. The molecule has 0 saturated carbocycles. The maximum Gasteiger partial charge on any atom is 0.338 e. The summed E-state index contributed by atoms with van der Waals surface area (Å²) in [4.78, 5) is 35.4. The zero-order valence-corrected chi connectivity index (χ0v) is 53.4. The van der Waals surface area contributed by atoms with Crippen LogP contribution < -0.4 is 0 Å². The Morgan fingerprint density at radius 1 is 0.382 bits per heavy atom. The number of rotatable bonds is 11. The average Bonchev–Trinajstić information content (AvgIpc) is 3.70. The van der Waals surface area contributed by atoms with Gasteiger partial charge in [0.2, 0.25) is 0 Å². The lowest BCUT2D eigenvalue weighted by Crippen LogP contribution is -2.26. The predicted octanol–water partition coefficient (Wildman–Crippen LogP) is 21.8. The fourth-order valence-electron chi connectivity index (χ4n) is 11.7. The van der Waals surface area contributed by atoms with Gasteiger partial charge < -0.3 is 14.2 Å². The third-order valence-corrected chi connectivity index (χ3v) is 17.3. The van der Waals surface area contributed by atoms with E-state index in [9.17, 15) is 14.4 Å². The average molecular weight is 1190 g/mol. The highest BCUT2D eigenvalue weighted by molar-refractivity contribution is 5.90. The lowest BCUT2D eigenvalue weighted by atomic mass is 9.76. The molecule has 0 radical (unpaired) electrons. The van der Waals surface area contributed by atoms with Crippen molar-refractivity contribution in [1.82, 2.24) is 0 Å². The Labute approximate surface area is 533 Å². The highest BCUT2D eigenvalue weighted by Gasteiger charge is 2.27. The van der Waals surface area contributed by atoms with Crippen molar-refractivity contribution in [3.05, 3.63) is 312 Å². The molecule has 6 nitrogen and oxygen atoms in total. The third kappa shape index (κ3) is 23.9. The van der Waals surface area contributed by atoms with Crippen molar-refractivity contribution in [2.24, 2.45) is 11.8 Å². The van der Waals surface area contributed by atoms with Gasteiger partial charge in [0.25, 0.3) is 0 Å². The molecule has 0 aromatic heterocycles. The van der Waals surface area contributed by atoms with E-state index in [-0.39, 0.29) is 36.2 Å². The molecule has 0 heterocycles. The first-order chi connectivity index (χ1) is 43.4. The van der Waals surface area contributed by atoms with Crippen LogP contribution in [0.5, 0.6) is 0 Å². The molecule has 89 heavy (non-hydrogen) atoms. The van der Waals surface area contributed by atoms with E-state index >= 15 is 0 Å². The monoisotopic (exact) mass is 1190 g/mol. The Bertz CT molecular complexity index is 3130. The molecule has 6 aromatic rings. The van der Waals surface area contributed by atoms with E-state index in [1.165, 1.54) is 79.2 Å². The summed E-state index contributed by atoms with van der Waals surface area (Å²) < 4.78 is 16.3. The molecule has 0 spiro atoms. The number of hydrogen-bond acceptors (Lipinski definition) is 6. The van der Waals surface area contributed by atoms with Crippen molar-refractivity contribution in [3.8, 4) is 0 Å². The molecule has 6 aliphatic rings. The largest absolute Gasteiger partial charge is 0.455 e. The zero-order valence-electron chi connectivity index (χ0n) is 53.4. The number of carbonyl (C=O) groups is 3. The normalized spacial score (nSPS) is 22.1. The molecule has 0 bridgehead atoms. The molecule has 0 fully saturated rings. The zero-order chi connectivity index (χ0) is 62.8. The molecular formula is C83H96O6. The van der Waals surface area contributed by atoms with E-state index in [1.54, 1.807) is 36.4 Å².